The minimum absolute atomic E-state index is 0.104. The molecule has 1 aliphatic rings. The molecule has 110 valence electrons. The summed E-state index contributed by atoms with van der Waals surface area (Å²) in [6, 6.07) is 9.45. The minimum Gasteiger partial charge on any atom is -0.394 e. The van der Waals surface area contributed by atoms with E-state index in [1.807, 2.05) is 30.3 Å². The van der Waals surface area contributed by atoms with Crippen LogP contribution in [0.4, 0.5) is 0 Å². The maximum Gasteiger partial charge on any atom is 0.240 e. The molecule has 5 nitrogen and oxygen atoms in total. The summed E-state index contributed by atoms with van der Waals surface area (Å²) in [6.45, 7) is 0.909. The number of hydrogen-bond acceptors (Lipinski definition) is 4. The van der Waals surface area contributed by atoms with Crippen LogP contribution < -0.4 is 11.1 Å². The highest BCUT2D eigenvalue weighted by Gasteiger charge is 2.36. The van der Waals surface area contributed by atoms with Crippen LogP contribution in [0.2, 0.25) is 0 Å². The van der Waals surface area contributed by atoms with E-state index in [-0.39, 0.29) is 18.6 Å². The molecule has 1 atom stereocenters. The van der Waals surface area contributed by atoms with E-state index in [0.717, 1.165) is 5.56 Å². The lowest BCUT2D eigenvalue weighted by Gasteiger charge is -2.33. The summed E-state index contributed by atoms with van der Waals surface area (Å²) in [5, 5.41) is 12.3. The Balaban J connectivity index is 1.94. The van der Waals surface area contributed by atoms with Crippen molar-refractivity contribution in [2.75, 3.05) is 19.8 Å². The second kappa shape index (κ2) is 6.83. The van der Waals surface area contributed by atoms with Crippen LogP contribution >= 0.6 is 0 Å². The summed E-state index contributed by atoms with van der Waals surface area (Å²) in [5.74, 6) is -0.198. The van der Waals surface area contributed by atoms with Crippen LogP contribution in [-0.4, -0.2) is 42.4 Å². The average molecular weight is 278 g/mol. The third kappa shape index (κ3) is 3.79. The Morgan fingerprint density at radius 1 is 1.35 bits per heavy atom. The molecule has 1 aromatic carbocycles. The van der Waals surface area contributed by atoms with Gasteiger partial charge in [-0.25, -0.2) is 0 Å². The van der Waals surface area contributed by atoms with Crippen LogP contribution in [0.25, 0.3) is 0 Å². The molecule has 1 fully saturated rings. The number of nitrogens with two attached hydrogens (primary N) is 1. The van der Waals surface area contributed by atoms with Gasteiger partial charge < -0.3 is 20.9 Å². The van der Waals surface area contributed by atoms with Crippen molar-refractivity contribution in [3.05, 3.63) is 35.9 Å². The minimum atomic E-state index is -0.873. The first-order valence-electron chi connectivity index (χ1n) is 6.96. The van der Waals surface area contributed by atoms with Crippen molar-refractivity contribution in [1.82, 2.24) is 5.32 Å². The molecule has 0 aromatic heterocycles. The lowest BCUT2D eigenvalue weighted by molar-refractivity contribution is -0.130. The van der Waals surface area contributed by atoms with Gasteiger partial charge in [0.2, 0.25) is 5.91 Å². The van der Waals surface area contributed by atoms with Gasteiger partial charge in [0.1, 0.15) is 0 Å². The molecule has 0 saturated carbocycles. The summed E-state index contributed by atoms with van der Waals surface area (Å²) >= 11 is 0. The summed E-state index contributed by atoms with van der Waals surface area (Å²) in [7, 11) is 0. The van der Waals surface area contributed by atoms with Gasteiger partial charge in [0.25, 0.3) is 0 Å². The van der Waals surface area contributed by atoms with Crippen molar-refractivity contribution in [3.8, 4) is 0 Å². The molecule has 1 amide bonds. The standard InChI is InChI=1S/C15H22N2O3/c16-15(6-8-20-9-7-15)14(19)17-13(11-18)10-12-4-2-1-3-5-12/h1-5,13,18H,6-11,16H2,(H,17,19)/t13-/m1/s1. The van der Waals surface area contributed by atoms with Crippen LogP contribution in [0.3, 0.4) is 0 Å². The lowest BCUT2D eigenvalue weighted by Crippen LogP contribution is -2.59. The molecule has 0 aliphatic carbocycles. The molecule has 0 spiro atoms. The van der Waals surface area contributed by atoms with Gasteiger partial charge in [-0.05, 0) is 24.8 Å². The Bertz CT molecular complexity index is 430. The van der Waals surface area contributed by atoms with Crippen LogP contribution in [0.15, 0.2) is 30.3 Å². The van der Waals surface area contributed by atoms with E-state index in [1.165, 1.54) is 0 Å². The first-order chi connectivity index (χ1) is 9.64. The molecular weight excluding hydrogens is 256 g/mol. The van der Waals surface area contributed by atoms with Gasteiger partial charge in [-0.1, -0.05) is 30.3 Å². The van der Waals surface area contributed by atoms with E-state index in [1.54, 1.807) is 0 Å². The lowest BCUT2D eigenvalue weighted by atomic mass is 9.90. The molecule has 1 saturated heterocycles. The number of hydrogen-bond donors (Lipinski definition) is 3. The van der Waals surface area contributed by atoms with Gasteiger partial charge in [-0.3, -0.25) is 4.79 Å². The second-order valence-corrected chi connectivity index (χ2v) is 5.31. The van der Waals surface area contributed by atoms with Crippen molar-refractivity contribution >= 4 is 5.91 Å². The fourth-order valence-electron chi connectivity index (χ4n) is 2.35. The predicted molar refractivity (Wildman–Crippen MR) is 76.1 cm³/mol. The van der Waals surface area contributed by atoms with Gasteiger partial charge in [-0.2, -0.15) is 0 Å². The van der Waals surface area contributed by atoms with Crippen molar-refractivity contribution in [2.45, 2.75) is 30.8 Å². The fraction of sp³-hybridized carbons (Fsp3) is 0.533. The van der Waals surface area contributed by atoms with Gasteiger partial charge in [-0.15, -0.1) is 0 Å². The molecule has 0 radical (unpaired) electrons. The molecule has 5 heteroatoms. The second-order valence-electron chi connectivity index (χ2n) is 5.31. The molecule has 1 aliphatic heterocycles. The quantitative estimate of drug-likeness (QED) is 0.719. The van der Waals surface area contributed by atoms with Gasteiger partial charge in [0.05, 0.1) is 18.2 Å². The monoisotopic (exact) mass is 278 g/mol. The van der Waals surface area contributed by atoms with Crippen LogP contribution in [0, 0.1) is 0 Å². The summed E-state index contributed by atoms with van der Waals surface area (Å²) < 4.78 is 5.23. The SMILES string of the molecule is NC1(C(=O)N[C@@H](CO)Cc2ccccc2)CCOCC1. The summed E-state index contributed by atoms with van der Waals surface area (Å²) in [4.78, 5) is 12.3. The van der Waals surface area contributed by atoms with Crippen LogP contribution in [0.5, 0.6) is 0 Å². The molecule has 2 rings (SSSR count). The number of benzene rings is 1. The zero-order valence-corrected chi connectivity index (χ0v) is 11.5. The zero-order valence-electron chi connectivity index (χ0n) is 11.5. The Morgan fingerprint density at radius 3 is 2.60 bits per heavy atom. The molecule has 4 N–H and O–H groups in total. The molecule has 0 unspecified atom stereocenters. The van der Waals surface area contributed by atoms with E-state index in [4.69, 9.17) is 10.5 Å². The average Bonchev–Trinajstić information content (AvgIpc) is 2.48. The smallest absolute Gasteiger partial charge is 0.240 e. The van der Waals surface area contributed by atoms with Crippen molar-refractivity contribution in [1.29, 1.82) is 0 Å². The third-order valence-electron chi connectivity index (χ3n) is 3.72. The molecule has 1 heterocycles. The molecule has 0 bridgehead atoms. The Labute approximate surface area is 119 Å². The van der Waals surface area contributed by atoms with Crippen molar-refractivity contribution < 1.29 is 14.6 Å². The highest BCUT2D eigenvalue weighted by Crippen LogP contribution is 2.18. The van der Waals surface area contributed by atoms with Crippen LogP contribution in [-0.2, 0) is 16.0 Å². The number of carbonyl (C=O) groups excluding carboxylic acids is 1. The largest absolute Gasteiger partial charge is 0.394 e. The van der Waals surface area contributed by atoms with Gasteiger partial charge in [0, 0.05) is 13.2 Å². The van der Waals surface area contributed by atoms with E-state index < -0.39 is 5.54 Å². The molecule has 20 heavy (non-hydrogen) atoms. The van der Waals surface area contributed by atoms with E-state index in [9.17, 15) is 9.90 Å². The molecule has 1 aromatic rings. The van der Waals surface area contributed by atoms with E-state index in [0.29, 0.717) is 32.5 Å². The Kier molecular flexibility index (Phi) is 5.11. The number of rotatable bonds is 5. The highest BCUT2D eigenvalue weighted by atomic mass is 16.5. The summed E-state index contributed by atoms with van der Waals surface area (Å²) in [6.07, 6.45) is 1.63. The Morgan fingerprint density at radius 2 is 2.00 bits per heavy atom. The maximum atomic E-state index is 12.3. The fourth-order valence-corrected chi connectivity index (χ4v) is 2.35. The van der Waals surface area contributed by atoms with Gasteiger partial charge >= 0.3 is 0 Å². The maximum absolute atomic E-state index is 12.3. The number of amides is 1. The zero-order chi connectivity index (χ0) is 14.4. The number of aliphatic hydroxyl groups is 1. The number of ether oxygens (including phenoxy) is 1. The normalized spacial score (nSPS) is 19.3. The number of carbonyl (C=O) groups is 1. The topological polar surface area (TPSA) is 84.6 Å². The van der Waals surface area contributed by atoms with E-state index in [2.05, 4.69) is 5.32 Å². The first-order valence-corrected chi connectivity index (χ1v) is 6.96. The van der Waals surface area contributed by atoms with E-state index >= 15 is 0 Å². The number of nitrogens with one attached hydrogen (secondary N) is 1. The third-order valence-corrected chi connectivity index (χ3v) is 3.72. The number of aliphatic hydroxyl groups excluding tert-OH is 1. The Hall–Kier alpha value is -1.43. The molecular formula is C15H22N2O3. The predicted octanol–water partition coefficient (Wildman–Crippen LogP) is 0.214. The first kappa shape index (κ1) is 15.0. The van der Waals surface area contributed by atoms with Crippen molar-refractivity contribution in [3.63, 3.8) is 0 Å². The van der Waals surface area contributed by atoms with Gasteiger partial charge in [0.15, 0.2) is 0 Å². The van der Waals surface area contributed by atoms with Crippen molar-refractivity contribution in [2.24, 2.45) is 5.73 Å². The van der Waals surface area contributed by atoms with Crippen LogP contribution in [0.1, 0.15) is 18.4 Å². The summed E-state index contributed by atoms with van der Waals surface area (Å²) in [5.41, 5.74) is 6.33. The highest BCUT2D eigenvalue weighted by molar-refractivity contribution is 5.86.